The Balaban J connectivity index is 2.14. The summed E-state index contributed by atoms with van der Waals surface area (Å²) in [5, 5.41) is 11.6. The molecule has 0 spiro atoms. The highest BCUT2D eigenvalue weighted by atomic mass is 19.3. The Morgan fingerprint density at radius 1 is 1.46 bits per heavy atom. The second kappa shape index (κ2) is 8.68. The number of aromatic nitrogens is 2. The number of nitrogens with zero attached hydrogens (tertiary/aromatic N) is 2. The van der Waals surface area contributed by atoms with E-state index in [1.54, 1.807) is 0 Å². The van der Waals surface area contributed by atoms with Crippen molar-refractivity contribution in [2.75, 3.05) is 11.9 Å². The van der Waals surface area contributed by atoms with Gasteiger partial charge in [-0.05, 0) is 18.9 Å². The molecule has 0 radical (unpaired) electrons. The van der Waals surface area contributed by atoms with Crippen LogP contribution in [0, 0.1) is 5.92 Å². The van der Waals surface area contributed by atoms with Gasteiger partial charge in [0.2, 0.25) is 12.1 Å². The first-order valence-electron chi connectivity index (χ1n) is 8.86. The van der Waals surface area contributed by atoms with Crippen molar-refractivity contribution in [2.24, 2.45) is 5.92 Å². The molecule has 2 N–H and O–H groups in total. The molecule has 146 valence electrons. The predicted molar refractivity (Wildman–Crippen MR) is 91.0 cm³/mol. The van der Waals surface area contributed by atoms with E-state index in [2.05, 4.69) is 10.3 Å². The molecule has 0 saturated carbocycles. The van der Waals surface area contributed by atoms with Gasteiger partial charge in [0.15, 0.2) is 0 Å². The Hall–Kier alpha value is -1.87. The maximum atomic E-state index is 14.0. The molecule has 2 atom stereocenters. The highest BCUT2D eigenvalue weighted by molar-refractivity contribution is 5.91. The average molecular weight is 373 g/mol. The van der Waals surface area contributed by atoms with E-state index in [0.29, 0.717) is 4.57 Å². The summed E-state index contributed by atoms with van der Waals surface area (Å²) in [6.45, 7) is 3.41. The number of aliphatic hydroxyl groups excluding tert-OH is 1. The van der Waals surface area contributed by atoms with Gasteiger partial charge in [0.05, 0.1) is 12.7 Å². The largest absolute Gasteiger partial charge is 0.394 e. The van der Waals surface area contributed by atoms with E-state index in [9.17, 15) is 18.4 Å². The molecule has 1 aliphatic heterocycles. The molecule has 1 aromatic rings. The van der Waals surface area contributed by atoms with Gasteiger partial charge < -0.3 is 15.2 Å². The molecule has 0 unspecified atom stereocenters. The van der Waals surface area contributed by atoms with Crippen molar-refractivity contribution in [3.63, 3.8) is 0 Å². The Labute approximate surface area is 150 Å². The second-order valence-electron chi connectivity index (χ2n) is 6.52. The molecule has 9 heteroatoms. The number of hydrogen-bond acceptors (Lipinski definition) is 5. The lowest BCUT2D eigenvalue weighted by Gasteiger charge is -2.20. The minimum atomic E-state index is -3.29. The minimum Gasteiger partial charge on any atom is -0.394 e. The first-order chi connectivity index (χ1) is 12.3. The summed E-state index contributed by atoms with van der Waals surface area (Å²) in [7, 11) is 0. The van der Waals surface area contributed by atoms with E-state index in [4.69, 9.17) is 9.84 Å². The molecule has 1 fully saturated rings. The first-order valence-corrected chi connectivity index (χ1v) is 8.86. The Morgan fingerprint density at radius 3 is 2.62 bits per heavy atom. The lowest BCUT2D eigenvalue weighted by molar-refractivity contribution is -0.121. The van der Waals surface area contributed by atoms with Gasteiger partial charge in [-0.1, -0.05) is 26.7 Å². The van der Waals surface area contributed by atoms with Crippen molar-refractivity contribution in [2.45, 2.75) is 64.2 Å². The third-order valence-electron chi connectivity index (χ3n) is 4.37. The van der Waals surface area contributed by atoms with Crippen LogP contribution in [0.25, 0.3) is 0 Å². The van der Waals surface area contributed by atoms with Crippen LogP contribution in [0.4, 0.5) is 14.6 Å². The molecular formula is C17H25F2N3O4. The maximum absolute atomic E-state index is 14.0. The van der Waals surface area contributed by atoms with Crippen LogP contribution in [-0.2, 0) is 9.53 Å². The molecule has 0 aromatic carbocycles. The van der Waals surface area contributed by atoms with Gasteiger partial charge in [-0.3, -0.25) is 9.36 Å². The highest BCUT2D eigenvalue weighted by Gasteiger charge is 2.51. The van der Waals surface area contributed by atoms with Crippen LogP contribution in [0.1, 0.15) is 52.2 Å². The number of amides is 1. The van der Waals surface area contributed by atoms with Crippen LogP contribution < -0.4 is 11.0 Å². The number of ether oxygens (including phenoxy) is 1. The second-order valence-corrected chi connectivity index (χ2v) is 6.52. The number of rotatable bonds is 8. The maximum Gasteiger partial charge on any atom is 0.351 e. The fraction of sp³-hybridized carbons (Fsp3) is 0.706. The summed E-state index contributed by atoms with van der Waals surface area (Å²) in [4.78, 5) is 28.1. The van der Waals surface area contributed by atoms with Gasteiger partial charge in [-0.15, -0.1) is 0 Å². The molecular weight excluding hydrogens is 348 g/mol. The summed E-state index contributed by atoms with van der Waals surface area (Å²) < 4.78 is 33.7. The molecule has 26 heavy (non-hydrogen) atoms. The van der Waals surface area contributed by atoms with Crippen LogP contribution in [0.2, 0.25) is 0 Å². The van der Waals surface area contributed by atoms with Crippen LogP contribution in [-0.4, -0.2) is 39.2 Å². The average Bonchev–Trinajstić information content (AvgIpc) is 2.89. The van der Waals surface area contributed by atoms with Gasteiger partial charge in [-0.25, -0.2) is 13.6 Å². The Bertz CT molecular complexity index is 674. The Morgan fingerprint density at radius 2 is 2.12 bits per heavy atom. The molecule has 1 aliphatic rings. The number of hydrogen-bond donors (Lipinski definition) is 2. The monoisotopic (exact) mass is 373 g/mol. The van der Waals surface area contributed by atoms with E-state index >= 15 is 0 Å². The van der Waals surface area contributed by atoms with E-state index in [1.165, 1.54) is 6.07 Å². The van der Waals surface area contributed by atoms with Crippen LogP contribution in [0.5, 0.6) is 0 Å². The lowest BCUT2D eigenvalue weighted by atomic mass is 9.97. The number of aliphatic hydroxyl groups is 1. The van der Waals surface area contributed by atoms with Gasteiger partial charge in [0.1, 0.15) is 5.82 Å². The van der Waals surface area contributed by atoms with E-state index in [0.717, 1.165) is 31.9 Å². The number of anilines is 1. The SMILES string of the molecule is CCCC(CCC)C(=O)Nc1ccn([C@@H]2O[C@H](CO)CC2(F)F)c(=O)n1. The third-order valence-corrected chi connectivity index (χ3v) is 4.37. The quantitative estimate of drug-likeness (QED) is 0.729. The van der Waals surface area contributed by atoms with Crippen molar-refractivity contribution in [3.05, 3.63) is 22.7 Å². The lowest BCUT2D eigenvalue weighted by Crippen LogP contribution is -2.35. The number of carbonyl (C=O) groups excluding carboxylic acids is 1. The molecule has 1 amide bonds. The summed E-state index contributed by atoms with van der Waals surface area (Å²) in [5.41, 5.74) is -0.950. The number of halogens is 2. The van der Waals surface area contributed by atoms with Gasteiger partial charge in [0.25, 0.3) is 5.92 Å². The first kappa shape index (κ1) is 20.4. The number of nitrogens with one attached hydrogen (secondary N) is 1. The summed E-state index contributed by atoms with van der Waals surface area (Å²) in [5.74, 6) is -3.69. The molecule has 7 nitrogen and oxygen atoms in total. The molecule has 1 aromatic heterocycles. The van der Waals surface area contributed by atoms with Gasteiger partial charge in [-0.2, -0.15) is 4.98 Å². The zero-order chi connectivity index (χ0) is 19.3. The van der Waals surface area contributed by atoms with Gasteiger partial charge >= 0.3 is 5.69 Å². The van der Waals surface area contributed by atoms with Crippen molar-refractivity contribution in [1.82, 2.24) is 9.55 Å². The van der Waals surface area contributed by atoms with E-state index in [1.807, 2.05) is 13.8 Å². The Kier molecular flexibility index (Phi) is 6.82. The fourth-order valence-corrected chi connectivity index (χ4v) is 3.10. The van der Waals surface area contributed by atoms with Crippen LogP contribution in [0.15, 0.2) is 17.1 Å². The summed E-state index contributed by atoms with van der Waals surface area (Å²) in [6.07, 6.45) is 0.748. The topological polar surface area (TPSA) is 93.5 Å². The van der Waals surface area contributed by atoms with Crippen LogP contribution in [0.3, 0.4) is 0 Å². The zero-order valence-electron chi connectivity index (χ0n) is 15.0. The normalized spacial score (nSPS) is 21.9. The van der Waals surface area contributed by atoms with E-state index < -0.39 is 37.0 Å². The third kappa shape index (κ3) is 4.64. The zero-order valence-corrected chi connectivity index (χ0v) is 15.0. The number of alkyl halides is 2. The molecule has 0 aliphatic carbocycles. The van der Waals surface area contributed by atoms with E-state index in [-0.39, 0.29) is 17.6 Å². The smallest absolute Gasteiger partial charge is 0.351 e. The standard InChI is InChI=1S/C17H25F2N3O4/c1-3-5-11(6-4-2)14(24)20-13-7-8-22(16(25)21-13)15-17(18,19)9-12(10-23)26-15/h7-8,11-12,15,23H,3-6,9-10H2,1-2H3,(H,20,21,24,25)/t12-,15+/m0/s1. The molecule has 2 rings (SSSR count). The predicted octanol–water partition coefficient (Wildman–Crippen LogP) is 2.31. The molecule has 1 saturated heterocycles. The summed E-state index contributed by atoms with van der Waals surface area (Å²) in [6, 6.07) is 1.29. The van der Waals surface area contributed by atoms with Crippen LogP contribution >= 0.6 is 0 Å². The minimum absolute atomic E-state index is 0.0217. The highest BCUT2D eigenvalue weighted by Crippen LogP contribution is 2.41. The van der Waals surface area contributed by atoms with Crippen molar-refractivity contribution >= 4 is 11.7 Å². The van der Waals surface area contributed by atoms with Crippen molar-refractivity contribution < 1.29 is 23.4 Å². The molecule has 2 heterocycles. The van der Waals surface area contributed by atoms with Crippen molar-refractivity contribution in [3.8, 4) is 0 Å². The van der Waals surface area contributed by atoms with Crippen molar-refractivity contribution in [1.29, 1.82) is 0 Å². The fourth-order valence-electron chi connectivity index (χ4n) is 3.10. The van der Waals surface area contributed by atoms with Gasteiger partial charge in [0, 0.05) is 18.5 Å². The molecule has 0 bridgehead atoms. The summed E-state index contributed by atoms with van der Waals surface area (Å²) >= 11 is 0. The number of carbonyl (C=O) groups is 1.